The lowest BCUT2D eigenvalue weighted by atomic mass is 9.80. The number of para-hydroxylation sites is 1. The Morgan fingerprint density at radius 3 is 1.79 bits per heavy atom. The third kappa shape index (κ3) is 3.73. The van der Waals surface area contributed by atoms with Crippen LogP contribution in [0.25, 0.3) is 96.0 Å². The predicted octanol–water partition coefficient (Wildman–Crippen LogP) is 13.7. The highest BCUT2D eigenvalue weighted by molar-refractivity contribution is 7.25. The summed E-state index contributed by atoms with van der Waals surface area (Å²) >= 11 is 1.82. The van der Waals surface area contributed by atoms with Gasteiger partial charge in [0.05, 0.1) is 35.2 Å². The van der Waals surface area contributed by atoms with Gasteiger partial charge in [-0.1, -0.05) is 74.5 Å². The molecule has 0 amide bonds. The Morgan fingerprint density at radius 2 is 1.08 bits per heavy atom. The van der Waals surface area contributed by atoms with Crippen molar-refractivity contribution in [2.75, 3.05) is 0 Å². The fourth-order valence-corrected chi connectivity index (χ4v) is 10.1. The minimum Gasteiger partial charge on any atom is -0.309 e. The number of fused-ring (bicyclic) bond motifs is 13. The first-order valence-electron chi connectivity index (χ1n) is 17.4. The lowest BCUT2D eigenvalue weighted by molar-refractivity contribution is 0.666. The third-order valence-electron chi connectivity index (χ3n) is 11.3. The van der Waals surface area contributed by atoms with Crippen molar-refractivity contribution in [2.45, 2.75) is 19.3 Å². The van der Waals surface area contributed by atoms with E-state index in [-0.39, 0.29) is 5.41 Å². The molecule has 0 aliphatic heterocycles. The SMILES string of the molecule is [C-]#[N+]c1ccc2c(c1)c1ccccc1n2-c1ccc2sc3ccc(-n4c5ccc([N+]#[C-])cc5c5c6c(ccc54)-c4ccccc4C6(C)C)cc3c2c1. The van der Waals surface area contributed by atoms with Gasteiger partial charge < -0.3 is 9.13 Å². The fourth-order valence-electron chi connectivity index (χ4n) is 9.06. The summed E-state index contributed by atoms with van der Waals surface area (Å²) in [6, 6.07) is 47.6. The van der Waals surface area contributed by atoms with Gasteiger partial charge in [-0.25, -0.2) is 9.69 Å². The number of benzene rings is 7. The Morgan fingerprint density at radius 1 is 0.500 bits per heavy atom. The number of nitrogens with zero attached hydrogens (tertiary/aromatic N) is 4. The third-order valence-corrected chi connectivity index (χ3v) is 12.4. The van der Waals surface area contributed by atoms with Gasteiger partial charge in [0.2, 0.25) is 0 Å². The van der Waals surface area contributed by atoms with Crippen LogP contribution in [0, 0.1) is 13.1 Å². The van der Waals surface area contributed by atoms with Gasteiger partial charge in [0, 0.05) is 47.7 Å². The molecule has 0 atom stereocenters. The Labute approximate surface area is 303 Å². The second-order valence-corrected chi connectivity index (χ2v) is 15.4. The summed E-state index contributed by atoms with van der Waals surface area (Å²) in [5.41, 5.74) is 13.0. The molecule has 5 heteroatoms. The molecule has 10 aromatic rings. The normalized spacial score (nSPS) is 13.3. The van der Waals surface area contributed by atoms with Crippen molar-refractivity contribution < 1.29 is 0 Å². The molecule has 11 rings (SSSR count). The van der Waals surface area contributed by atoms with Crippen LogP contribution in [0.3, 0.4) is 0 Å². The maximum atomic E-state index is 7.87. The molecule has 0 fully saturated rings. The minimum atomic E-state index is -0.188. The fraction of sp³-hybridized carbons (Fsp3) is 0.0638. The van der Waals surface area contributed by atoms with E-state index < -0.39 is 0 Å². The molecule has 52 heavy (non-hydrogen) atoms. The van der Waals surface area contributed by atoms with E-state index in [0.717, 1.165) is 49.6 Å². The zero-order valence-electron chi connectivity index (χ0n) is 28.4. The zero-order valence-corrected chi connectivity index (χ0v) is 29.2. The standard InChI is InChI=1S/C47H28N4S/c1-47(2)38-11-7-5-9-31(38)33-17-20-42-45(46(33)47)37-24-28(49-4)14-19-41(37)51(42)30-16-22-44-36(26-30)35-25-29(15-21-43(35)52-44)50-39-12-8-6-10-32(39)34-23-27(48-3)13-18-40(34)50/h5-26H,1-2H3. The van der Waals surface area contributed by atoms with E-state index in [0.29, 0.717) is 11.4 Å². The molecule has 0 N–H and O–H groups in total. The molecule has 1 aliphatic rings. The average Bonchev–Trinajstić information content (AvgIpc) is 3.89. The van der Waals surface area contributed by atoms with Crippen LogP contribution in [-0.2, 0) is 5.41 Å². The van der Waals surface area contributed by atoms with E-state index in [1.807, 2.05) is 29.5 Å². The van der Waals surface area contributed by atoms with E-state index in [4.69, 9.17) is 13.1 Å². The van der Waals surface area contributed by atoms with Crippen molar-refractivity contribution in [1.29, 1.82) is 0 Å². The zero-order chi connectivity index (χ0) is 34.9. The molecule has 0 unspecified atom stereocenters. The van der Waals surface area contributed by atoms with Crippen molar-refractivity contribution in [1.82, 2.24) is 9.13 Å². The van der Waals surface area contributed by atoms with Crippen LogP contribution in [0.1, 0.15) is 25.0 Å². The highest BCUT2D eigenvalue weighted by Gasteiger charge is 2.38. The van der Waals surface area contributed by atoms with Crippen LogP contribution in [0.5, 0.6) is 0 Å². The molecule has 4 nitrogen and oxygen atoms in total. The van der Waals surface area contributed by atoms with Crippen LogP contribution in [-0.4, -0.2) is 9.13 Å². The number of aromatic nitrogens is 2. The molecule has 3 aromatic heterocycles. The molecule has 1 aliphatic carbocycles. The second kappa shape index (κ2) is 10.2. The molecule has 7 aromatic carbocycles. The lowest BCUT2D eigenvalue weighted by Crippen LogP contribution is -2.15. The van der Waals surface area contributed by atoms with E-state index in [2.05, 4.69) is 148 Å². The Kier molecular flexibility index (Phi) is 5.71. The van der Waals surface area contributed by atoms with Gasteiger partial charge in [0.15, 0.2) is 11.4 Å². The van der Waals surface area contributed by atoms with Crippen molar-refractivity contribution in [3.8, 4) is 22.5 Å². The van der Waals surface area contributed by atoms with Gasteiger partial charge in [-0.15, -0.1) is 11.3 Å². The van der Waals surface area contributed by atoms with Crippen molar-refractivity contribution in [3.05, 3.63) is 167 Å². The summed E-state index contributed by atoms with van der Waals surface area (Å²) < 4.78 is 7.21. The van der Waals surface area contributed by atoms with Crippen molar-refractivity contribution in [3.63, 3.8) is 0 Å². The topological polar surface area (TPSA) is 18.6 Å². The quantitative estimate of drug-likeness (QED) is 0.162. The van der Waals surface area contributed by atoms with Crippen LogP contribution in [0.4, 0.5) is 11.4 Å². The molecule has 0 radical (unpaired) electrons. The van der Waals surface area contributed by atoms with Gasteiger partial charge in [0.25, 0.3) is 0 Å². The highest BCUT2D eigenvalue weighted by atomic mass is 32.1. The van der Waals surface area contributed by atoms with Crippen LogP contribution in [0.2, 0.25) is 0 Å². The molecule has 0 bridgehead atoms. The van der Waals surface area contributed by atoms with Gasteiger partial charge in [-0.3, -0.25) is 0 Å². The lowest BCUT2D eigenvalue weighted by Gasteiger charge is -2.22. The molecule has 3 heterocycles. The summed E-state index contributed by atoms with van der Waals surface area (Å²) in [5.74, 6) is 0. The monoisotopic (exact) mass is 680 g/mol. The Bertz CT molecular complexity index is 3300. The Balaban J connectivity index is 1.17. The molecular formula is C47H28N4S. The molecule has 0 spiro atoms. The maximum Gasteiger partial charge on any atom is 0.188 e. The van der Waals surface area contributed by atoms with E-state index >= 15 is 0 Å². The number of hydrogen-bond donors (Lipinski definition) is 0. The van der Waals surface area contributed by atoms with Gasteiger partial charge in [-0.05, 0) is 106 Å². The summed E-state index contributed by atoms with van der Waals surface area (Å²) in [7, 11) is 0. The van der Waals surface area contributed by atoms with Crippen LogP contribution in [0.15, 0.2) is 133 Å². The highest BCUT2D eigenvalue weighted by Crippen LogP contribution is 2.53. The summed E-state index contributed by atoms with van der Waals surface area (Å²) in [6.07, 6.45) is 0. The number of rotatable bonds is 2. The first kappa shape index (κ1) is 29.1. The molecule has 0 saturated heterocycles. The summed E-state index contributed by atoms with van der Waals surface area (Å²) in [4.78, 5) is 7.56. The van der Waals surface area contributed by atoms with Gasteiger partial charge in [0.1, 0.15) is 0 Å². The van der Waals surface area contributed by atoms with E-state index in [1.165, 1.54) is 47.8 Å². The summed E-state index contributed by atoms with van der Waals surface area (Å²) in [6.45, 7) is 20.1. The number of hydrogen-bond acceptors (Lipinski definition) is 1. The van der Waals surface area contributed by atoms with Gasteiger partial charge >= 0.3 is 0 Å². The first-order chi connectivity index (χ1) is 25.4. The minimum absolute atomic E-state index is 0.188. The molecular weight excluding hydrogens is 653 g/mol. The second-order valence-electron chi connectivity index (χ2n) is 14.3. The maximum absolute atomic E-state index is 7.87. The van der Waals surface area contributed by atoms with E-state index in [9.17, 15) is 0 Å². The molecule has 0 saturated carbocycles. The molecule has 242 valence electrons. The smallest absolute Gasteiger partial charge is 0.188 e. The largest absolute Gasteiger partial charge is 0.309 e. The Hall–Kier alpha value is -6.66. The van der Waals surface area contributed by atoms with Crippen molar-refractivity contribution in [2.24, 2.45) is 0 Å². The predicted molar refractivity (Wildman–Crippen MR) is 218 cm³/mol. The number of thiophene rings is 1. The van der Waals surface area contributed by atoms with E-state index in [1.54, 1.807) is 0 Å². The van der Waals surface area contributed by atoms with Gasteiger partial charge in [-0.2, -0.15) is 0 Å². The van der Waals surface area contributed by atoms with Crippen LogP contribution >= 0.6 is 11.3 Å². The van der Waals surface area contributed by atoms with Crippen LogP contribution < -0.4 is 0 Å². The van der Waals surface area contributed by atoms with Crippen molar-refractivity contribution >= 4 is 86.5 Å². The first-order valence-corrected chi connectivity index (χ1v) is 18.2. The average molecular weight is 681 g/mol. The summed E-state index contributed by atoms with van der Waals surface area (Å²) in [5, 5.41) is 7.02.